The van der Waals surface area contributed by atoms with Gasteiger partial charge in [-0.25, -0.2) is 18.1 Å². The molecule has 0 radical (unpaired) electrons. The minimum absolute atomic E-state index is 0.0435. The molecule has 0 aliphatic heterocycles. The second-order valence-corrected chi connectivity index (χ2v) is 5.59. The van der Waals surface area contributed by atoms with E-state index in [0.717, 1.165) is 0 Å². The van der Waals surface area contributed by atoms with Gasteiger partial charge in [-0.05, 0) is 19.8 Å². The molecular weight excluding hydrogens is 230 g/mol. The van der Waals surface area contributed by atoms with Crippen LogP contribution in [0.15, 0.2) is 11.2 Å². The Kier molecular flexibility index (Phi) is 4.06. The molecule has 2 unspecified atom stereocenters. The fourth-order valence-electron chi connectivity index (χ4n) is 1.12. The first-order chi connectivity index (χ1) is 7.36. The van der Waals surface area contributed by atoms with E-state index in [-0.39, 0.29) is 23.6 Å². The van der Waals surface area contributed by atoms with Gasteiger partial charge in [-0.1, -0.05) is 6.92 Å². The van der Waals surface area contributed by atoms with E-state index in [1.165, 1.54) is 6.20 Å². The molecule has 0 bridgehead atoms. The molecule has 0 saturated heterocycles. The van der Waals surface area contributed by atoms with E-state index in [4.69, 9.17) is 5.11 Å². The average Bonchev–Trinajstić information content (AvgIpc) is 2.63. The summed E-state index contributed by atoms with van der Waals surface area (Å²) in [5, 5.41) is 8.97. The van der Waals surface area contributed by atoms with E-state index in [2.05, 4.69) is 14.7 Å². The molecule has 92 valence electrons. The minimum atomic E-state index is -3.57. The monoisotopic (exact) mass is 247 g/mol. The third-order valence-electron chi connectivity index (χ3n) is 2.45. The molecule has 7 heteroatoms. The van der Waals surface area contributed by atoms with E-state index in [1.54, 1.807) is 20.8 Å². The summed E-state index contributed by atoms with van der Waals surface area (Å²) in [5.41, 5.74) is 0. The van der Waals surface area contributed by atoms with Crippen LogP contribution in [0.1, 0.15) is 19.7 Å². The summed E-state index contributed by atoms with van der Waals surface area (Å²) >= 11 is 0. The Morgan fingerprint density at radius 1 is 1.56 bits per heavy atom. The van der Waals surface area contributed by atoms with Crippen LogP contribution in [0.2, 0.25) is 0 Å². The molecular formula is C9H17N3O3S. The zero-order chi connectivity index (χ0) is 12.3. The minimum Gasteiger partial charge on any atom is -0.396 e. The van der Waals surface area contributed by atoms with Gasteiger partial charge < -0.3 is 10.1 Å². The molecule has 3 N–H and O–H groups in total. The van der Waals surface area contributed by atoms with Crippen molar-refractivity contribution in [3.63, 3.8) is 0 Å². The van der Waals surface area contributed by atoms with Gasteiger partial charge in [0.25, 0.3) is 10.0 Å². The molecule has 1 aromatic heterocycles. The molecule has 1 heterocycles. The number of nitrogens with one attached hydrogen (secondary N) is 2. The molecule has 1 aromatic rings. The average molecular weight is 247 g/mol. The number of rotatable bonds is 5. The highest BCUT2D eigenvalue weighted by molar-refractivity contribution is 7.89. The summed E-state index contributed by atoms with van der Waals surface area (Å²) < 4.78 is 26.1. The van der Waals surface area contributed by atoms with Crippen LogP contribution in [0.5, 0.6) is 0 Å². The van der Waals surface area contributed by atoms with Gasteiger partial charge in [0, 0.05) is 12.6 Å². The Morgan fingerprint density at radius 2 is 2.19 bits per heavy atom. The summed E-state index contributed by atoms with van der Waals surface area (Å²) in [7, 11) is -3.57. The Labute approximate surface area is 95.2 Å². The standard InChI is InChI=1S/C9H17N3O3S/c1-6(5-13)7(2)12-16(14,15)9-4-10-8(3)11-9/h4,6-7,12-13H,5H2,1-3H3,(H,10,11). The van der Waals surface area contributed by atoms with Crippen LogP contribution in [0.4, 0.5) is 0 Å². The van der Waals surface area contributed by atoms with Gasteiger partial charge in [-0.2, -0.15) is 0 Å². The Hall–Kier alpha value is -0.920. The van der Waals surface area contributed by atoms with Gasteiger partial charge in [0.15, 0.2) is 5.03 Å². The van der Waals surface area contributed by atoms with E-state index in [0.29, 0.717) is 5.82 Å². The van der Waals surface area contributed by atoms with Crippen molar-refractivity contribution in [2.75, 3.05) is 6.61 Å². The fourth-order valence-corrected chi connectivity index (χ4v) is 2.44. The van der Waals surface area contributed by atoms with Crippen molar-refractivity contribution in [3.8, 4) is 0 Å². The topological polar surface area (TPSA) is 95.1 Å². The lowest BCUT2D eigenvalue weighted by atomic mass is 10.1. The lowest BCUT2D eigenvalue weighted by molar-refractivity contribution is 0.216. The first-order valence-corrected chi connectivity index (χ1v) is 6.50. The van der Waals surface area contributed by atoms with Crippen LogP contribution in [0.25, 0.3) is 0 Å². The van der Waals surface area contributed by atoms with Crippen molar-refractivity contribution < 1.29 is 13.5 Å². The van der Waals surface area contributed by atoms with Crippen LogP contribution in [-0.2, 0) is 10.0 Å². The smallest absolute Gasteiger partial charge is 0.257 e. The summed E-state index contributed by atoms with van der Waals surface area (Å²) in [4.78, 5) is 6.49. The lowest BCUT2D eigenvalue weighted by Gasteiger charge is -2.18. The predicted molar refractivity (Wildman–Crippen MR) is 59.4 cm³/mol. The second kappa shape index (κ2) is 4.94. The zero-order valence-corrected chi connectivity index (χ0v) is 10.4. The number of aromatic nitrogens is 2. The van der Waals surface area contributed by atoms with Crippen LogP contribution < -0.4 is 4.72 Å². The van der Waals surface area contributed by atoms with Gasteiger partial charge in [0.05, 0.1) is 6.20 Å². The number of aliphatic hydroxyl groups excluding tert-OH is 1. The maximum Gasteiger partial charge on any atom is 0.257 e. The van der Waals surface area contributed by atoms with Crippen molar-refractivity contribution >= 4 is 10.0 Å². The van der Waals surface area contributed by atoms with Crippen molar-refractivity contribution in [1.82, 2.24) is 14.7 Å². The normalized spacial score (nSPS) is 16.0. The van der Waals surface area contributed by atoms with Crippen molar-refractivity contribution in [3.05, 3.63) is 12.0 Å². The summed E-state index contributed by atoms with van der Waals surface area (Å²) in [6, 6.07) is -0.335. The number of sulfonamides is 1. The van der Waals surface area contributed by atoms with Crippen molar-refractivity contribution in [2.45, 2.75) is 31.8 Å². The van der Waals surface area contributed by atoms with E-state index >= 15 is 0 Å². The molecule has 6 nitrogen and oxygen atoms in total. The Morgan fingerprint density at radius 3 is 2.62 bits per heavy atom. The highest BCUT2D eigenvalue weighted by atomic mass is 32.2. The van der Waals surface area contributed by atoms with Crippen LogP contribution in [0.3, 0.4) is 0 Å². The third-order valence-corrected chi connectivity index (χ3v) is 3.92. The lowest BCUT2D eigenvalue weighted by Crippen LogP contribution is -2.38. The molecule has 2 atom stereocenters. The van der Waals surface area contributed by atoms with E-state index in [9.17, 15) is 8.42 Å². The van der Waals surface area contributed by atoms with E-state index < -0.39 is 10.0 Å². The molecule has 0 saturated carbocycles. The number of nitrogens with zero attached hydrogens (tertiary/aromatic N) is 1. The molecule has 0 aliphatic rings. The number of hydrogen-bond donors (Lipinski definition) is 3. The molecule has 0 aliphatic carbocycles. The number of aliphatic hydroxyl groups is 1. The van der Waals surface area contributed by atoms with Crippen LogP contribution >= 0.6 is 0 Å². The zero-order valence-electron chi connectivity index (χ0n) is 9.56. The summed E-state index contributed by atoms with van der Waals surface area (Å²) in [6.45, 7) is 5.09. The molecule has 0 aromatic carbocycles. The number of hydrogen-bond acceptors (Lipinski definition) is 4. The maximum absolute atomic E-state index is 11.8. The van der Waals surface area contributed by atoms with E-state index in [1.807, 2.05) is 0 Å². The maximum atomic E-state index is 11.8. The molecule has 16 heavy (non-hydrogen) atoms. The molecule has 0 fully saturated rings. The second-order valence-electron chi connectivity index (χ2n) is 3.90. The molecule has 1 rings (SSSR count). The van der Waals surface area contributed by atoms with Gasteiger partial charge in [0.1, 0.15) is 5.82 Å². The van der Waals surface area contributed by atoms with Gasteiger partial charge >= 0.3 is 0 Å². The predicted octanol–water partition coefficient (Wildman–Crippen LogP) is 0.0133. The van der Waals surface area contributed by atoms with Gasteiger partial charge in [-0.3, -0.25) is 0 Å². The number of imidazole rings is 1. The Balaban J connectivity index is 2.80. The molecule has 0 amide bonds. The first kappa shape index (κ1) is 13.1. The SMILES string of the molecule is Cc1ncc(S(=O)(=O)NC(C)C(C)CO)[nH]1. The molecule has 0 spiro atoms. The Bertz CT molecular complexity index is 441. The highest BCUT2D eigenvalue weighted by Gasteiger charge is 2.22. The number of aromatic amines is 1. The third kappa shape index (κ3) is 3.03. The number of H-pyrrole nitrogens is 1. The summed E-state index contributed by atoms with van der Waals surface area (Å²) in [5.74, 6) is 0.405. The number of aryl methyl sites for hydroxylation is 1. The quantitative estimate of drug-likeness (QED) is 0.683. The largest absolute Gasteiger partial charge is 0.396 e. The van der Waals surface area contributed by atoms with Crippen molar-refractivity contribution in [2.24, 2.45) is 5.92 Å². The van der Waals surface area contributed by atoms with Gasteiger partial charge in [-0.15, -0.1) is 0 Å². The van der Waals surface area contributed by atoms with Crippen LogP contribution in [0, 0.1) is 12.8 Å². The van der Waals surface area contributed by atoms with Crippen molar-refractivity contribution in [1.29, 1.82) is 0 Å². The fraction of sp³-hybridized carbons (Fsp3) is 0.667. The van der Waals surface area contributed by atoms with Gasteiger partial charge in [0.2, 0.25) is 0 Å². The van der Waals surface area contributed by atoms with Crippen LogP contribution in [-0.4, -0.2) is 36.1 Å². The summed E-state index contributed by atoms with van der Waals surface area (Å²) in [6.07, 6.45) is 1.27. The highest BCUT2D eigenvalue weighted by Crippen LogP contribution is 2.09. The first-order valence-electron chi connectivity index (χ1n) is 5.01.